The Balaban J connectivity index is 3.88. The molecule has 0 aliphatic heterocycles. The third kappa shape index (κ3) is 8.66. The van der Waals surface area contributed by atoms with Gasteiger partial charge in [-0.15, -0.1) is 0 Å². The van der Waals surface area contributed by atoms with Crippen LogP contribution in [-0.4, -0.2) is 38.0 Å². The highest BCUT2D eigenvalue weighted by Gasteiger charge is 2.13. The number of carbonyl (C=O) groups is 2. The molecule has 6 nitrogen and oxygen atoms in total. The van der Waals surface area contributed by atoms with Crippen molar-refractivity contribution in [2.24, 2.45) is 5.92 Å². The first kappa shape index (κ1) is 16.5. The van der Waals surface area contributed by atoms with Gasteiger partial charge in [-0.2, -0.15) is 0 Å². The number of hydrogen-bond acceptors (Lipinski definition) is 4. The largest absolute Gasteiger partial charge is 0.449 e. The summed E-state index contributed by atoms with van der Waals surface area (Å²) in [6.07, 6.45) is -0.292. The van der Waals surface area contributed by atoms with Crippen molar-refractivity contribution in [3.8, 4) is 0 Å². The number of amides is 2. The van der Waals surface area contributed by atoms with E-state index < -0.39 is 12.2 Å². The summed E-state index contributed by atoms with van der Waals surface area (Å²) in [5.74, 6) is 0.294. The predicted octanol–water partition coefficient (Wildman–Crippen LogP) is 1.89. The quantitative estimate of drug-likeness (QED) is 0.733. The molecule has 0 saturated carbocycles. The summed E-state index contributed by atoms with van der Waals surface area (Å²) in [5.41, 5.74) is 0. The van der Waals surface area contributed by atoms with Gasteiger partial charge in [0.05, 0.1) is 12.6 Å². The molecule has 0 aromatic rings. The average molecular weight is 260 g/mol. The molecule has 6 heteroatoms. The lowest BCUT2D eigenvalue weighted by atomic mass is 10.2. The van der Waals surface area contributed by atoms with E-state index in [0.717, 1.165) is 0 Å². The highest BCUT2D eigenvalue weighted by molar-refractivity contribution is 5.68. The molecule has 2 N–H and O–H groups in total. The Morgan fingerprint density at radius 1 is 1.06 bits per heavy atom. The number of ether oxygens (including phenoxy) is 2. The van der Waals surface area contributed by atoms with Gasteiger partial charge in [-0.05, 0) is 19.3 Å². The minimum atomic E-state index is -0.478. The first-order chi connectivity index (χ1) is 8.49. The maximum atomic E-state index is 11.4. The molecule has 0 saturated heterocycles. The number of carbonyl (C=O) groups excluding carboxylic acids is 2. The lowest BCUT2D eigenvalue weighted by molar-refractivity contribution is 0.111. The second kappa shape index (κ2) is 9.56. The Morgan fingerprint density at radius 2 is 1.67 bits per heavy atom. The molecule has 0 aromatic carbocycles. The van der Waals surface area contributed by atoms with Gasteiger partial charge >= 0.3 is 12.2 Å². The van der Waals surface area contributed by atoms with Gasteiger partial charge in [-0.3, -0.25) is 0 Å². The predicted molar refractivity (Wildman–Crippen MR) is 68.4 cm³/mol. The van der Waals surface area contributed by atoms with Gasteiger partial charge in [0.2, 0.25) is 0 Å². The maximum Gasteiger partial charge on any atom is 0.407 e. The molecule has 0 bridgehead atoms. The summed E-state index contributed by atoms with van der Waals surface area (Å²) in [5, 5.41) is 5.17. The molecule has 0 spiro atoms. The van der Waals surface area contributed by atoms with Crippen LogP contribution in [0.5, 0.6) is 0 Å². The summed E-state index contributed by atoms with van der Waals surface area (Å²) in [4.78, 5) is 22.5. The Hall–Kier alpha value is -1.46. The molecule has 2 amide bonds. The first-order valence-corrected chi connectivity index (χ1v) is 6.33. The number of hydrogen-bond donors (Lipinski definition) is 2. The molecular formula is C12H24N2O4. The molecular weight excluding hydrogens is 236 g/mol. The maximum absolute atomic E-state index is 11.4. The zero-order valence-corrected chi connectivity index (χ0v) is 11.6. The molecule has 1 atom stereocenters. The van der Waals surface area contributed by atoms with Crippen LogP contribution < -0.4 is 10.6 Å². The van der Waals surface area contributed by atoms with Crippen LogP contribution in [0.25, 0.3) is 0 Å². The zero-order valence-electron chi connectivity index (χ0n) is 11.6. The molecule has 0 radical (unpaired) electrons. The highest BCUT2D eigenvalue weighted by atomic mass is 16.6. The smallest absolute Gasteiger partial charge is 0.407 e. The van der Waals surface area contributed by atoms with Crippen LogP contribution in [0.2, 0.25) is 0 Å². The van der Waals surface area contributed by atoms with Crippen molar-refractivity contribution in [2.75, 3.05) is 19.8 Å². The van der Waals surface area contributed by atoms with E-state index in [2.05, 4.69) is 10.6 Å². The minimum Gasteiger partial charge on any atom is -0.449 e. The molecule has 18 heavy (non-hydrogen) atoms. The van der Waals surface area contributed by atoms with Gasteiger partial charge in [-0.1, -0.05) is 20.8 Å². The molecule has 0 aliphatic rings. The lowest BCUT2D eigenvalue weighted by Gasteiger charge is -2.17. The number of nitrogens with one attached hydrogen (secondary N) is 2. The Labute approximate surface area is 108 Å². The van der Waals surface area contributed by atoms with Crippen LogP contribution >= 0.6 is 0 Å². The van der Waals surface area contributed by atoms with Crippen molar-refractivity contribution >= 4 is 12.2 Å². The fourth-order valence-corrected chi connectivity index (χ4v) is 1.08. The van der Waals surface area contributed by atoms with Crippen LogP contribution in [0.3, 0.4) is 0 Å². The molecule has 0 aliphatic carbocycles. The van der Waals surface area contributed by atoms with Crippen LogP contribution in [0, 0.1) is 5.92 Å². The third-order valence-electron chi connectivity index (χ3n) is 2.10. The minimum absolute atomic E-state index is 0.138. The SMILES string of the molecule is CCNC(=O)OC[C@@H](CC)NC(=O)OCC(C)C. The highest BCUT2D eigenvalue weighted by Crippen LogP contribution is 1.97. The van der Waals surface area contributed by atoms with E-state index in [1.54, 1.807) is 6.92 Å². The van der Waals surface area contributed by atoms with Gasteiger partial charge in [0.1, 0.15) is 6.61 Å². The lowest BCUT2D eigenvalue weighted by Crippen LogP contribution is -2.40. The molecule has 0 heterocycles. The normalized spacial score (nSPS) is 11.8. The van der Waals surface area contributed by atoms with E-state index in [1.165, 1.54) is 0 Å². The van der Waals surface area contributed by atoms with Gasteiger partial charge in [0, 0.05) is 6.54 Å². The summed E-state index contributed by atoms with van der Waals surface area (Å²) < 4.78 is 9.93. The monoisotopic (exact) mass is 260 g/mol. The molecule has 0 unspecified atom stereocenters. The van der Waals surface area contributed by atoms with Gasteiger partial charge in [0.15, 0.2) is 0 Å². The summed E-state index contributed by atoms with van der Waals surface area (Å²) in [6, 6.07) is -0.229. The average Bonchev–Trinajstić information content (AvgIpc) is 2.32. The van der Waals surface area contributed by atoms with Gasteiger partial charge in [-0.25, -0.2) is 9.59 Å². The summed E-state index contributed by atoms with van der Waals surface area (Å²) in [6.45, 7) is 8.65. The zero-order chi connectivity index (χ0) is 14.0. The number of rotatable bonds is 7. The fraction of sp³-hybridized carbons (Fsp3) is 0.833. The van der Waals surface area contributed by atoms with Crippen molar-refractivity contribution in [1.29, 1.82) is 0 Å². The van der Waals surface area contributed by atoms with Crippen molar-refractivity contribution in [1.82, 2.24) is 10.6 Å². The second-order valence-electron chi connectivity index (χ2n) is 4.37. The Morgan fingerprint density at radius 3 is 2.17 bits per heavy atom. The van der Waals surface area contributed by atoms with E-state index >= 15 is 0 Å². The second-order valence-corrected chi connectivity index (χ2v) is 4.37. The first-order valence-electron chi connectivity index (χ1n) is 6.33. The third-order valence-corrected chi connectivity index (χ3v) is 2.10. The van der Waals surface area contributed by atoms with Crippen LogP contribution in [0.4, 0.5) is 9.59 Å². The van der Waals surface area contributed by atoms with Crippen LogP contribution in [-0.2, 0) is 9.47 Å². The fourth-order valence-electron chi connectivity index (χ4n) is 1.08. The molecule has 0 fully saturated rings. The van der Waals surface area contributed by atoms with Gasteiger partial charge < -0.3 is 20.1 Å². The van der Waals surface area contributed by atoms with Crippen molar-refractivity contribution in [3.63, 3.8) is 0 Å². The number of alkyl carbamates (subject to hydrolysis) is 2. The summed E-state index contributed by atoms with van der Waals surface area (Å²) >= 11 is 0. The van der Waals surface area contributed by atoms with Gasteiger partial charge in [0.25, 0.3) is 0 Å². The van der Waals surface area contributed by atoms with E-state index in [-0.39, 0.29) is 12.6 Å². The standard InChI is InChI=1S/C12H24N2O4/c1-5-10(8-18-11(15)13-6-2)14-12(16)17-7-9(3)4/h9-10H,5-8H2,1-4H3,(H,13,15)(H,14,16)/t10-/m1/s1. The van der Waals surface area contributed by atoms with Crippen molar-refractivity contribution in [3.05, 3.63) is 0 Å². The van der Waals surface area contributed by atoms with E-state index in [4.69, 9.17) is 9.47 Å². The Bertz CT molecular complexity index is 256. The molecule has 0 aromatic heterocycles. The van der Waals surface area contributed by atoms with Crippen molar-refractivity contribution < 1.29 is 19.1 Å². The molecule has 0 rings (SSSR count). The van der Waals surface area contributed by atoms with Crippen molar-refractivity contribution in [2.45, 2.75) is 40.2 Å². The van der Waals surface area contributed by atoms with E-state index in [9.17, 15) is 9.59 Å². The van der Waals surface area contributed by atoms with Crippen LogP contribution in [0.15, 0.2) is 0 Å². The topological polar surface area (TPSA) is 76.7 Å². The summed E-state index contributed by atoms with van der Waals surface area (Å²) in [7, 11) is 0. The van der Waals surface area contributed by atoms with E-state index in [0.29, 0.717) is 25.5 Å². The Kier molecular flexibility index (Phi) is 8.78. The van der Waals surface area contributed by atoms with E-state index in [1.807, 2.05) is 20.8 Å². The van der Waals surface area contributed by atoms with Crippen LogP contribution in [0.1, 0.15) is 34.1 Å². The molecule has 106 valence electrons.